The molecule has 1 heterocycles. The Morgan fingerprint density at radius 3 is 2.44 bits per heavy atom. The minimum atomic E-state index is -1.23. The first kappa shape index (κ1) is 14.0. The van der Waals surface area contributed by atoms with Crippen molar-refractivity contribution in [2.45, 2.75) is 0 Å². The molecular formula is C10H12ClN3O4. The van der Waals surface area contributed by atoms with E-state index in [0.29, 0.717) is 5.02 Å². The summed E-state index contributed by atoms with van der Waals surface area (Å²) in [5, 5.41) is 9.03. The van der Waals surface area contributed by atoms with Gasteiger partial charge in [0.1, 0.15) is 18.8 Å². The Labute approximate surface area is 108 Å². The van der Waals surface area contributed by atoms with Crippen molar-refractivity contribution in [3.05, 3.63) is 23.0 Å². The largest absolute Gasteiger partial charge is 0.480 e. The van der Waals surface area contributed by atoms with E-state index in [0.717, 1.165) is 4.90 Å². The maximum absolute atomic E-state index is 12.0. The SMILES string of the molecule is Cn1cc(Cl)cc1C(=O)N(CC(N)=O)CC(=O)O. The van der Waals surface area contributed by atoms with Gasteiger partial charge in [-0.25, -0.2) is 0 Å². The molecule has 3 N–H and O–H groups in total. The molecule has 0 aliphatic rings. The molecule has 0 fully saturated rings. The highest BCUT2D eigenvalue weighted by Gasteiger charge is 2.22. The van der Waals surface area contributed by atoms with E-state index in [2.05, 4.69) is 0 Å². The Balaban J connectivity index is 2.97. The van der Waals surface area contributed by atoms with Gasteiger partial charge in [0.15, 0.2) is 0 Å². The zero-order valence-corrected chi connectivity index (χ0v) is 10.3. The molecule has 1 aromatic rings. The number of aliphatic carboxylic acids is 1. The molecule has 0 saturated carbocycles. The lowest BCUT2D eigenvalue weighted by molar-refractivity contribution is -0.138. The summed E-state index contributed by atoms with van der Waals surface area (Å²) in [5.41, 5.74) is 5.15. The van der Waals surface area contributed by atoms with Gasteiger partial charge in [0.25, 0.3) is 5.91 Å². The van der Waals surface area contributed by atoms with Crippen LogP contribution in [0, 0.1) is 0 Å². The van der Waals surface area contributed by atoms with Crippen molar-refractivity contribution in [2.24, 2.45) is 12.8 Å². The fourth-order valence-electron chi connectivity index (χ4n) is 1.45. The molecule has 18 heavy (non-hydrogen) atoms. The predicted molar refractivity (Wildman–Crippen MR) is 63.2 cm³/mol. The van der Waals surface area contributed by atoms with E-state index in [1.807, 2.05) is 0 Å². The smallest absolute Gasteiger partial charge is 0.323 e. The number of nitrogens with two attached hydrogens (primary N) is 1. The maximum Gasteiger partial charge on any atom is 0.323 e. The molecule has 0 saturated heterocycles. The first-order chi connectivity index (χ1) is 8.31. The summed E-state index contributed by atoms with van der Waals surface area (Å²) < 4.78 is 1.44. The minimum absolute atomic E-state index is 0.183. The van der Waals surface area contributed by atoms with Crippen molar-refractivity contribution in [1.82, 2.24) is 9.47 Å². The van der Waals surface area contributed by atoms with Crippen molar-refractivity contribution in [3.8, 4) is 0 Å². The molecule has 7 nitrogen and oxygen atoms in total. The number of carbonyl (C=O) groups is 3. The fraction of sp³-hybridized carbons (Fsp3) is 0.300. The van der Waals surface area contributed by atoms with Crippen LogP contribution in [-0.2, 0) is 16.6 Å². The summed E-state index contributed by atoms with van der Waals surface area (Å²) in [5.74, 6) is -2.64. The van der Waals surface area contributed by atoms with E-state index in [-0.39, 0.29) is 5.69 Å². The second kappa shape index (κ2) is 5.54. The van der Waals surface area contributed by atoms with Crippen LogP contribution in [0.25, 0.3) is 0 Å². The van der Waals surface area contributed by atoms with Crippen LogP contribution >= 0.6 is 11.6 Å². The number of hydrogen-bond acceptors (Lipinski definition) is 3. The van der Waals surface area contributed by atoms with Crippen molar-refractivity contribution in [3.63, 3.8) is 0 Å². The third-order valence-electron chi connectivity index (χ3n) is 2.15. The molecule has 0 aromatic carbocycles. The molecule has 8 heteroatoms. The van der Waals surface area contributed by atoms with Gasteiger partial charge in [0.2, 0.25) is 5.91 Å². The average molecular weight is 274 g/mol. The van der Waals surface area contributed by atoms with Gasteiger partial charge in [-0.3, -0.25) is 14.4 Å². The molecular weight excluding hydrogens is 262 g/mol. The summed E-state index contributed by atoms with van der Waals surface area (Å²) in [4.78, 5) is 34.3. The van der Waals surface area contributed by atoms with Gasteiger partial charge in [-0.2, -0.15) is 0 Å². The summed E-state index contributed by atoms with van der Waals surface area (Å²) in [6.45, 7) is -1.07. The number of aryl methyl sites for hydroxylation is 1. The van der Waals surface area contributed by atoms with E-state index in [1.165, 1.54) is 16.8 Å². The lowest BCUT2D eigenvalue weighted by Gasteiger charge is -2.19. The van der Waals surface area contributed by atoms with Crippen molar-refractivity contribution in [1.29, 1.82) is 0 Å². The van der Waals surface area contributed by atoms with Gasteiger partial charge in [0, 0.05) is 13.2 Å². The summed E-state index contributed by atoms with van der Waals surface area (Å²) >= 11 is 5.73. The lowest BCUT2D eigenvalue weighted by atomic mass is 10.3. The minimum Gasteiger partial charge on any atom is -0.480 e. The van der Waals surface area contributed by atoms with Crippen molar-refractivity contribution < 1.29 is 19.5 Å². The second-order valence-electron chi connectivity index (χ2n) is 3.68. The number of primary amides is 1. The molecule has 98 valence electrons. The van der Waals surface area contributed by atoms with Crippen LogP contribution in [0.4, 0.5) is 0 Å². The summed E-state index contributed by atoms with van der Waals surface area (Å²) in [6, 6.07) is 1.39. The van der Waals surface area contributed by atoms with Crippen LogP contribution in [0.1, 0.15) is 10.5 Å². The third kappa shape index (κ3) is 3.49. The Hall–Kier alpha value is -2.02. The van der Waals surface area contributed by atoms with Gasteiger partial charge in [-0.05, 0) is 6.07 Å². The first-order valence-corrected chi connectivity index (χ1v) is 5.30. The highest BCUT2D eigenvalue weighted by Crippen LogP contribution is 2.14. The van der Waals surface area contributed by atoms with E-state index >= 15 is 0 Å². The van der Waals surface area contributed by atoms with Crippen LogP contribution in [0.5, 0.6) is 0 Å². The predicted octanol–water partition coefficient (Wildman–Crippen LogP) is -0.309. The monoisotopic (exact) mass is 273 g/mol. The lowest BCUT2D eigenvalue weighted by Crippen LogP contribution is -2.42. The zero-order chi connectivity index (χ0) is 13.9. The fourth-order valence-corrected chi connectivity index (χ4v) is 1.70. The van der Waals surface area contributed by atoms with Gasteiger partial charge in [-0.1, -0.05) is 11.6 Å². The number of nitrogens with zero attached hydrogens (tertiary/aromatic N) is 2. The Kier molecular flexibility index (Phi) is 4.33. The average Bonchev–Trinajstić information content (AvgIpc) is 2.54. The van der Waals surface area contributed by atoms with E-state index in [4.69, 9.17) is 22.4 Å². The van der Waals surface area contributed by atoms with Crippen LogP contribution in [0.2, 0.25) is 5.02 Å². The maximum atomic E-state index is 12.0. The molecule has 0 radical (unpaired) electrons. The summed E-state index contributed by atoms with van der Waals surface area (Å²) in [7, 11) is 1.59. The molecule has 0 unspecified atom stereocenters. The number of aromatic nitrogens is 1. The molecule has 2 amide bonds. The Morgan fingerprint density at radius 1 is 1.44 bits per heavy atom. The zero-order valence-electron chi connectivity index (χ0n) is 9.59. The van der Waals surface area contributed by atoms with Crippen LogP contribution in [0.3, 0.4) is 0 Å². The Bertz CT molecular complexity index is 481. The number of carbonyl (C=O) groups excluding carboxylic acids is 2. The van der Waals surface area contributed by atoms with Gasteiger partial charge in [-0.15, -0.1) is 0 Å². The second-order valence-corrected chi connectivity index (χ2v) is 4.11. The number of carboxylic acids is 1. The quantitative estimate of drug-likeness (QED) is 0.767. The standard InChI is InChI=1S/C10H12ClN3O4/c1-13-3-6(11)2-7(13)10(18)14(4-8(12)15)5-9(16)17/h2-3H,4-5H2,1H3,(H2,12,15)(H,16,17). The van der Waals surface area contributed by atoms with Gasteiger partial charge >= 0.3 is 5.97 Å². The number of carboxylic acid groups (broad SMARTS) is 1. The van der Waals surface area contributed by atoms with Crippen LogP contribution < -0.4 is 5.73 Å². The first-order valence-electron chi connectivity index (χ1n) is 4.92. The molecule has 1 rings (SSSR count). The highest BCUT2D eigenvalue weighted by molar-refractivity contribution is 6.31. The number of rotatable bonds is 5. The van der Waals surface area contributed by atoms with Gasteiger partial charge < -0.3 is 20.3 Å². The highest BCUT2D eigenvalue weighted by atomic mass is 35.5. The Morgan fingerprint density at radius 2 is 2.06 bits per heavy atom. The molecule has 1 aromatic heterocycles. The number of halogens is 1. The summed E-state index contributed by atoms with van der Waals surface area (Å²) in [6.07, 6.45) is 1.50. The number of amides is 2. The molecule has 0 bridgehead atoms. The third-order valence-corrected chi connectivity index (χ3v) is 2.36. The van der Waals surface area contributed by atoms with Crippen molar-refractivity contribution >= 4 is 29.4 Å². The number of hydrogen-bond donors (Lipinski definition) is 2. The van der Waals surface area contributed by atoms with Gasteiger partial charge in [0.05, 0.1) is 5.02 Å². The van der Waals surface area contributed by atoms with E-state index in [1.54, 1.807) is 7.05 Å². The van der Waals surface area contributed by atoms with Crippen LogP contribution in [-0.4, -0.2) is 45.4 Å². The molecule has 0 aliphatic heterocycles. The topological polar surface area (TPSA) is 106 Å². The van der Waals surface area contributed by atoms with Crippen molar-refractivity contribution in [2.75, 3.05) is 13.1 Å². The van der Waals surface area contributed by atoms with E-state index < -0.39 is 30.9 Å². The molecule has 0 spiro atoms. The van der Waals surface area contributed by atoms with E-state index in [9.17, 15) is 14.4 Å². The molecule has 0 aliphatic carbocycles. The molecule has 0 atom stereocenters. The van der Waals surface area contributed by atoms with Crippen LogP contribution in [0.15, 0.2) is 12.3 Å². The normalized spacial score (nSPS) is 10.1.